The van der Waals surface area contributed by atoms with Crippen molar-refractivity contribution in [3.63, 3.8) is 0 Å². The third kappa shape index (κ3) is 2.54. The maximum absolute atomic E-state index is 12.8. The number of H-pyrrole nitrogens is 1. The number of benzene rings is 1. The van der Waals surface area contributed by atoms with Gasteiger partial charge in [0.1, 0.15) is 0 Å². The summed E-state index contributed by atoms with van der Waals surface area (Å²) in [6, 6.07) is 6.51. The van der Waals surface area contributed by atoms with Gasteiger partial charge in [-0.25, -0.2) is 4.98 Å². The van der Waals surface area contributed by atoms with Gasteiger partial charge in [0.2, 0.25) is 0 Å². The molecule has 21 heavy (non-hydrogen) atoms. The molecule has 3 nitrogen and oxygen atoms in total. The highest BCUT2D eigenvalue weighted by molar-refractivity contribution is 7.71. The molecule has 0 radical (unpaired) electrons. The fraction of sp³-hybridized carbons (Fsp3) is 0.0769. The molecule has 0 fully saturated rings. The van der Waals surface area contributed by atoms with E-state index < -0.39 is 11.7 Å². The highest BCUT2D eigenvalue weighted by atomic mass is 35.5. The molecule has 0 aliphatic carbocycles. The van der Waals surface area contributed by atoms with E-state index in [4.69, 9.17) is 23.8 Å². The van der Waals surface area contributed by atoms with Crippen molar-refractivity contribution < 1.29 is 13.2 Å². The van der Waals surface area contributed by atoms with Crippen molar-refractivity contribution in [3.8, 4) is 5.69 Å². The monoisotopic (exact) mass is 329 g/mol. The number of nitrogens with one attached hydrogen (secondary N) is 1. The third-order valence-corrected chi connectivity index (χ3v) is 3.41. The van der Waals surface area contributed by atoms with Crippen molar-refractivity contribution in [2.75, 3.05) is 0 Å². The molecule has 2 heterocycles. The molecule has 0 bridgehead atoms. The van der Waals surface area contributed by atoms with Crippen LogP contribution in [0.5, 0.6) is 0 Å². The summed E-state index contributed by atoms with van der Waals surface area (Å²) in [5.41, 5.74) is 0.523. The summed E-state index contributed by atoms with van der Waals surface area (Å²) in [4.78, 5) is 7.00. The Kier molecular flexibility index (Phi) is 3.26. The predicted octanol–water partition coefficient (Wildman–Crippen LogP) is 4.76. The fourth-order valence-electron chi connectivity index (χ4n) is 2.03. The van der Waals surface area contributed by atoms with Gasteiger partial charge < -0.3 is 4.98 Å². The highest BCUT2D eigenvalue weighted by Crippen LogP contribution is 2.31. The van der Waals surface area contributed by atoms with E-state index in [-0.39, 0.29) is 10.5 Å². The number of hydrogen-bond acceptors (Lipinski definition) is 2. The van der Waals surface area contributed by atoms with E-state index in [0.717, 1.165) is 12.1 Å². The topological polar surface area (TPSA) is 33.6 Å². The second-order valence-electron chi connectivity index (χ2n) is 4.34. The number of fused-ring (bicyclic) bond motifs is 1. The molecule has 0 atom stereocenters. The molecule has 0 aliphatic heterocycles. The zero-order chi connectivity index (χ0) is 15.2. The lowest BCUT2D eigenvalue weighted by Crippen LogP contribution is -2.06. The molecule has 1 aromatic carbocycles. The number of rotatable bonds is 1. The van der Waals surface area contributed by atoms with E-state index in [2.05, 4.69) is 9.97 Å². The zero-order valence-electron chi connectivity index (χ0n) is 10.3. The first kappa shape index (κ1) is 14.1. The van der Waals surface area contributed by atoms with Crippen LogP contribution in [0.1, 0.15) is 5.56 Å². The van der Waals surface area contributed by atoms with Crippen LogP contribution in [0.25, 0.3) is 16.9 Å². The van der Waals surface area contributed by atoms with Gasteiger partial charge in [0.25, 0.3) is 0 Å². The van der Waals surface area contributed by atoms with E-state index in [1.807, 2.05) is 0 Å². The Morgan fingerprint density at radius 1 is 1.24 bits per heavy atom. The number of aromatic amines is 1. The van der Waals surface area contributed by atoms with Crippen LogP contribution in [0.15, 0.2) is 36.5 Å². The highest BCUT2D eigenvalue weighted by Gasteiger charge is 2.30. The summed E-state index contributed by atoms with van der Waals surface area (Å²) in [6.45, 7) is 0. The number of alkyl halides is 3. The molecule has 0 saturated heterocycles. The standard InChI is InChI=1S/C13H7ClF3N3S/c14-8-5-10-11(18-6-8)20(12(21)19-10)9-3-1-2-7(4-9)13(15,16)17/h1-6H,(H,19,21). The first-order valence-electron chi connectivity index (χ1n) is 5.80. The predicted molar refractivity (Wildman–Crippen MR) is 76.3 cm³/mol. The first-order chi connectivity index (χ1) is 9.86. The van der Waals surface area contributed by atoms with Crippen LogP contribution in [0.3, 0.4) is 0 Å². The summed E-state index contributed by atoms with van der Waals surface area (Å²) in [5.74, 6) is 0. The molecule has 1 N–H and O–H groups in total. The van der Waals surface area contributed by atoms with E-state index in [1.54, 1.807) is 6.07 Å². The van der Waals surface area contributed by atoms with Crippen molar-refractivity contribution in [1.82, 2.24) is 14.5 Å². The van der Waals surface area contributed by atoms with Crippen LogP contribution >= 0.6 is 23.8 Å². The van der Waals surface area contributed by atoms with Gasteiger partial charge in [-0.05, 0) is 36.5 Å². The number of pyridine rings is 1. The molecule has 0 spiro atoms. The lowest BCUT2D eigenvalue weighted by atomic mass is 10.2. The minimum atomic E-state index is -4.42. The first-order valence-corrected chi connectivity index (χ1v) is 6.59. The number of hydrogen-bond donors (Lipinski definition) is 1. The van der Waals surface area contributed by atoms with E-state index in [0.29, 0.717) is 16.2 Å². The molecule has 3 rings (SSSR count). The fourth-order valence-corrected chi connectivity index (χ4v) is 2.49. The Labute approximate surface area is 127 Å². The number of nitrogens with zero attached hydrogens (tertiary/aromatic N) is 2. The Balaban J connectivity index is 2.26. The Morgan fingerprint density at radius 3 is 2.71 bits per heavy atom. The minimum Gasteiger partial charge on any atom is -0.329 e. The van der Waals surface area contributed by atoms with Crippen molar-refractivity contribution in [1.29, 1.82) is 0 Å². The maximum atomic E-state index is 12.8. The van der Waals surface area contributed by atoms with Crippen LogP contribution in [0, 0.1) is 4.77 Å². The van der Waals surface area contributed by atoms with E-state index in [9.17, 15) is 13.2 Å². The van der Waals surface area contributed by atoms with Gasteiger partial charge >= 0.3 is 6.18 Å². The summed E-state index contributed by atoms with van der Waals surface area (Å²) < 4.78 is 40.1. The van der Waals surface area contributed by atoms with Crippen LogP contribution in [-0.2, 0) is 6.18 Å². The van der Waals surface area contributed by atoms with Crippen LogP contribution in [0.2, 0.25) is 5.02 Å². The minimum absolute atomic E-state index is 0.249. The maximum Gasteiger partial charge on any atom is 0.416 e. The summed E-state index contributed by atoms with van der Waals surface area (Å²) in [5, 5.41) is 0.412. The van der Waals surface area contributed by atoms with Gasteiger partial charge in [0.15, 0.2) is 10.4 Å². The molecule has 108 valence electrons. The number of imidazole rings is 1. The Bertz CT molecular complexity index is 882. The molecule has 0 amide bonds. The smallest absolute Gasteiger partial charge is 0.329 e. The molecule has 2 aromatic heterocycles. The normalized spacial score (nSPS) is 12.0. The van der Waals surface area contributed by atoms with E-state index >= 15 is 0 Å². The quantitative estimate of drug-likeness (QED) is 0.653. The van der Waals surface area contributed by atoms with Crippen molar-refractivity contribution in [2.45, 2.75) is 6.18 Å². The van der Waals surface area contributed by atoms with Crippen molar-refractivity contribution in [3.05, 3.63) is 51.9 Å². The summed E-state index contributed by atoms with van der Waals surface area (Å²) >= 11 is 11.0. The largest absolute Gasteiger partial charge is 0.416 e. The zero-order valence-corrected chi connectivity index (χ0v) is 11.9. The average Bonchev–Trinajstić information content (AvgIpc) is 2.73. The SMILES string of the molecule is FC(F)(F)c1cccc(-n2c(=S)[nH]c3cc(Cl)cnc32)c1. The average molecular weight is 330 g/mol. The lowest BCUT2D eigenvalue weighted by molar-refractivity contribution is -0.137. The van der Waals surface area contributed by atoms with Crippen molar-refractivity contribution in [2.24, 2.45) is 0 Å². The third-order valence-electron chi connectivity index (χ3n) is 2.92. The van der Waals surface area contributed by atoms with Crippen LogP contribution in [0.4, 0.5) is 13.2 Å². The number of halogens is 4. The van der Waals surface area contributed by atoms with Crippen molar-refractivity contribution >= 4 is 35.0 Å². The van der Waals surface area contributed by atoms with Gasteiger partial charge in [-0.2, -0.15) is 13.2 Å². The van der Waals surface area contributed by atoms with Crippen LogP contribution < -0.4 is 0 Å². The van der Waals surface area contributed by atoms with Gasteiger partial charge in [-0.3, -0.25) is 4.57 Å². The lowest BCUT2D eigenvalue weighted by Gasteiger charge is -2.09. The Morgan fingerprint density at radius 2 is 2.00 bits per heavy atom. The van der Waals surface area contributed by atoms with Gasteiger partial charge in [-0.15, -0.1) is 0 Å². The second kappa shape index (κ2) is 4.85. The Hall–Kier alpha value is -1.86. The summed E-state index contributed by atoms with van der Waals surface area (Å²) in [6.07, 6.45) is -3.00. The molecule has 3 aromatic rings. The molecule has 0 aliphatic rings. The molecular weight excluding hydrogens is 323 g/mol. The second-order valence-corrected chi connectivity index (χ2v) is 5.16. The van der Waals surface area contributed by atoms with Gasteiger partial charge in [0.05, 0.1) is 21.8 Å². The van der Waals surface area contributed by atoms with E-state index in [1.165, 1.54) is 22.9 Å². The number of aromatic nitrogens is 3. The molecular formula is C13H7ClF3N3S. The van der Waals surface area contributed by atoms with Gasteiger partial charge in [-0.1, -0.05) is 17.7 Å². The molecule has 0 unspecified atom stereocenters. The van der Waals surface area contributed by atoms with Crippen LogP contribution in [-0.4, -0.2) is 14.5 Å². The molecule has 8 heteroatoms. The summed E-state index contributed by atoms with van der Waals surface area (Å²) in [7, 11) is 0. The van der Waals surface area contributed by atoms with Gasteiger partial charge in [0, 0.05) is 6.20 Å². The molecule has 0 saturated carbocycles.